The van der Waals surface area contributed by atoms with Crippen LogP contribution in [0.15, 0.2) is 4.99 Å². The van der Waals surface area contributed by atoms with Crippen LogP contribution in [0.1, 0.15) is 27.7 Å². The summed E-state index contributed by atoms with van der Waals surface area (Å²) < 4.78 is 4.91. The molecule has 5 heteroatoms. The summed E-state index contributed by atoms with van der Waals surface area (Å²) in [7, 11) is 1.65. The van der Waals surface area contributed by atoms with E-state index in [0.717, 1.165) is 0 Å². The lowest BCUT2D eigenvalue weighted by atomic mass is 9.88. The predicted molar refractivity (Wildman–Crippen MR) is 63.6 cm³/mol. The highest BCUT2D eigenvalue weighted by Crippen LogP contribution is 2.18. The van der Waals surface area contributed by atoms with Gasteiger partial charge < -0.3 is 10.1 Å². The van der Waals surface area contributed by atoms with Crippen LogP contribution in [0.2, 0.25) is 0 Å². The Hall–Kier alpha value is -0.810. The molecule has 0 spiro atoms. The van der Waals surface area contributed by atoms with Crippen LogP contribution in [-0.2, 0) is 4.74 Å². The van der Waals surface area contributed by atoms with Crippen molar-refractivity contribution in [2.75, 3.05) is 20.3 Å². The van der Waals surface area contributed by atoms with E-state index in [-0.39, 0.29) is 11.5 Å². The Bertz CT molecular complexity index is 198. The molecule has 5 nitrogen and oxygen atoms in total. The van der Waals surface area contributed by atoms with Crippen LogP contribution >= 0.6 is 0 Å². The topological polar surface area (TPSA) is 71.7 Å². The van der Waals surface area contributed by atoms with Gasteiger partial charge in [-0.05, 0) is 12.3 Å². The molecule has 0 bridgehead atoms. The van der Waals surface area contributed by atoms with Gasteiger partial charge in [0.25, 0.3) is 0 Å². The van der Waals surface area contributed by atoms with Crippen molar-refractivity contribution >= 4 is 5.96 Å². The summed E-state index contributed by atoms with van der Waals surface area (Å²) in [6.45, 7) is 9.77. The first-order valence-corrected chi connectivity index (χ1v) is 5.18. The van der Waals surface area contributed by atoms with Crippen molar-refractivity contribution in [3.8, 4) is 0 Å². The minimum Gasteiger partial charge on any atom is -0.383 e. The van der Waals surface area contributed by atoms with Gasteiger partial charge in [-0.25, -0.2) is 10.8 Å². The molecule has 0 aromatic carbocycles. The Balaban J connectivity index is 4.14. The molecule has 0 aromatic heterocycles. The van der Waals surface area contributed by atoms with E-state index in [9.17, 15) is 0 Å². The maximum Gasteiger partial charge on any atom is 0.206 e. The van der Waals surface area contributed by atoms with Gasteiger partial charge in [-0.3, -0.25) is 5.43 Å². The molecule has 0 aliphatic heterocycles. The third kappa shape index (κ3) is 6.30. The summed E-state index contributed by atoms with van der Waals surface area (Å²) in [6, 6.07) is 0.287. The maximum atomic E-state index is 5.36. The molecule has 0 aliphatic rings. The lowest BCUT2D eigenvalue weighted by molar-refractivity contribution is 0.207. The first-order valence-electron chi connectivity index (χ1n) is 5.18. The first kappa shape index (κ1) is 14.2. The number of methoxy groups -OCH3 is 1. The highest BCUT2D eigenvalue weighted by Gasteiger charge is 2.20. The first-order chi connectivity index (χ1) is 6.91. The van der Waals surface area contributed by atoms with E-state index >= 15 is 0 Å². The molecule has 0 amide bonds. The summed E-state index contributed by atoms with van der Waals surface area (Å²) in [5.74, 6) is 5.97. The zero-order chi connectivity index (χ0) is 11.9. The molecule has 90 valence electrons. The van der Waals surface area contributed by atoms with Crippen molar-refractivity contribution in [2.24, 2.45) is 16.3 Å². The summed E-state index contributed by atoms with van der Waals surface area (Å²) in [5.41, 5.74) is 2.71. The van der Waals surface area contributed by atoms with E-state index in [0.29, 0.717) is 19.1 Å². The average molecular weight is 216 g/mol. The molecular weight excluding hydrogens is 192 g/mol. The van der Waals surface area contributed by atoms with Crippen LogP contribution in [0, 0.1) is 5.41 Å². The molecule has 0 saturated carbocycles. The molecular formula is C10H24N4O. The van der Waals surface area contributed by atoms with Gasteiger partial charge >= 0.3 is 0 Å². The number of nitrogens with zero attached hydrogens (tertiary/aromatic N) is 1. The Labute approximate surface area is 92.4 Å². The van der Waals surface area contributed by atoms with Crippen molar-refractivity contribution in [3.63, 3.8) is 0 Å². The van der Waals surface area contributed by atoms with Crippen LogP contribution in [-0.4, -0.2) is 32.3 Å². The number of nitrogens with two attached hydrogens (primary N) is 1. The molecule has 0 heterocycles. The summed E-state index contributed by atoms with van der Waals surface area (Å²) >= 11 is 0. The molecule has 15 heavy (non-hydrogen) atoms. The van der Waals surface area contributed by atoms with Crippen LogP contribution < -0.4 is 16.6 Å². The van der Waals surface area contributed by atoms with E-state index in [1.165, 1.54) is 0 Å². The smallest absolute Gasteiger partial charge is 0.206 e. The van der Waals surface area contributed by atoms with Gasteiger partial charge in [0.15, 0.2) is 0 Å². The minimum absolute atomic E-state index is 0.166. The SMILES string of the molecule is COCCN=C(NN)NC(C)C(C)(C)C. The molecule has 0 radical (unpaired) electrons. The summed E-state index contributed by atoms with van der Waals surface area (Å²) in [4.78, 5) is 4.23. The van der Waals surface area contributed by atoms with E-state index in [4.69, 9.17) is 10.6 Å². The van der Waals surface area contributed by atoms with Gasteiger partial charge in [0.2, 0.25) is 5.96 Å². The third-order valence-corrected chi connectivity index (χ3v) is 2.35. The van der Waals surface area contributed by atoms with Gasteiger partial charge in [0.05, 0.1) is 13.2 Å². The molecule has 4 N–H and O–H groups in total. The molecule has 0 aliphatic carbocycles. The van der Waals surface area contributed by atoms with Crippen molar-refractivity contribution in [1.82, 2.24) is 10.7 Å². The van der Waals surface area contributed by atoms with Gasteiger partial charge in [0.1, 0.15) is 0 Å². The highest BCUT2D eigenvalue weighted by atomic mass is 16.5. The number of hydrogen-bond acceptors (Lipinski definition) is 3. The van der Waals surface area contributed by atoms with Crippen LogP contribution in [0.4, 0.5) is 0 Å². The molecule has 0 saturated heterocycles. The van der Waals surface area contributed by atoms with Crippen molar-refractivity contribution in [2.45, 2.75) is 33.7 Å². The monoisotopic (exact) mass is 216 g/mol. The minimum atomic E-state index is 0.166. The Kier molecular flexibility index (Phi) is 6.27. The number of rotatable bonds is 4. The largest absolute Gasteiger partial charge is 0.383 e. The van der Waals surface area contributed by atoms with E-state index in [2.05, 4.69) is 43.4 Å². The number of hydrogen-bond donors (Lipinski definition) is 3. The Morgan fingerprint density at radius 1 is 1.47 bits per heavy atom. The highest BCUT2D eigenvalue weighted by molar-refractivity contribution is 5.79. The second-order valence-corrected chi connectivity index (χ2v) is 4.60. The van der Waals surface area contributed by atoms with Crippen LogP contribution in [0.5, 0.6) is 0 Å². The number of aliphatic imine (C=N–C) groups is 1. The fraction of sp³-hybridized carbons (Fsp3) is 0.900. The van der Waals surface area contributed by atoms with E-state index in [1.54, 1.807) is 7.11 Å². The summed E-state index contributed by atoms with van der Waals surface area (Å²) in [6.07, 6.45) is 0. The fourth-order valence-corrected chi connectivity index (χ4v) is 0.803. The summed E-state index contributed by atoms with van der Waals surface area (Å²) in [5, 5.41) is 3.22. The predicted octanol–water partition coefficient (Wildman–Crippen LogP) is 0.476. The van der Waals surface area contributed by atoms with Crippen LogP contribution in [0.25, 0.3) is 0 Å². The van der Waals surface area contributed by atoms with Gasteiger partial charge in [-0.15, -0.1) is 0 Å². The Morgan fingerprint density at radius 2 is 2.07 bits per heavy atom. The second-order valence-electron chi connectivity index (χ2n) is 4.60. The normalized spacial score (nSPS) is 14.9. The standard InChI is InChI=1S/C10H24N4O/c1-8(10(2,3)4)13-9(14-11)12-6-7-15-5/h8H,6-7,11H2,1-5H3,(H2,12,13,14). The zero-order valence-corrected chi connectivity index (χ0v) is 10.4. The van der Waals surface area contributed by atoms with Gasteiger partial charge in [-0.1, -0.05) is 20.8 Å². The molecule has 1 atom stereocenters. The van der Waals surface area contributed by atoms with Crippen molar-refractivity contribution < 1.29 is 4.74 Å². The van der Waals surface area contributed by atoms with Crippen molar-refractivity contribution in [3.05, 3.63) is 0 Å². The van der Waals surface area contributed by atoms with Gasteiger partial charge in [-0.2, -0.15) is 0 Å². The zero-order valence-electron chi connectivity index (χ0n) is 10.4. The second kappa shape index (κ2) is 6.63. The lowest BCUT2D eigenvalue weighted by Crippen LogP contribution is -2.49. The van der Waals surface area contributed by atoms with Crippen LogP contribution in [0.3, 0.4) is 0 Å². The fourth-order valence-electron chi connectivity index (χ4n) is 0.803. The number of ether oxygens (including phenoxy) is 1. The average Bonchev–Trinajstić information content (AvgIpc) is 2.14. The molecule has 1 unspecified atom stereocenters. The number of hydrazine groups is 1. The molecule has 0 rings (SSSR count). The van der Waals surface area contributed by atoms with E-state index in [1.807, 2.05) is 0 Å². The lowest BCUT2D eigenvalue weighted by Gasteiger charge is -2.29. The number of nitrogens with one attached hydrogen (secondary N) is 2. The third-order valence-electron chi connectivity index (χ3n) is 2.35. The quantitative estimate of drug-likeness (QED) is 0.210. The number of guanidine groups is 1. The molecule has 0 aromatic rings. The maximum absolute atomic E-state index is 5.36. The Morgan fingerprint density at radius 3 is 2.47 bits per heavy atom. The molecule has 0 fully saturated rings. The van der Waals surface area contributed by atoms with E-state index < -0.39 is 0 Å². The van der Waals surface area contributed by atoms with Gasteiger partial charge in [0, 0.05) is 13.2 Å². The van der Waals surface area contributed by atoms with Crippen molar-refractivity contribution in [1.29, 1.82) is 0 Å².